The second kappa shape index (κ2) is 6.70. The van der Waals surface area contributed by atoms with E-state index in [1.807, 2.05) is 54.6 Å². The minimum Gasteiger partial charge on any atom is -0.324 e. The minimum absolute atomic E-state index is 0.000852. The number of nitrogens with zero attached hydrogens (tertiary/aromatic N) is 6. The molecule has 0 saturated heterocycles. The fraction of sp³-hybridized carbons (Fsp3) is 0.200. The van der Waals surface area contributed by atoms with Gasteiger partial charge in [0.1, 0.15) is 6.33 Å². The number of aromatic nitrogens is 6. The predicted molar refractivity (Wildman–Crippen MR) is 117 cm³/mol. The van der Waals surface area contributed by atoms with Crippen LogP contribution >= 0.6 is 15.9 Å². The minimum atomic E-state index is -0.000852. The smallest absolute Gasteiger partial charge is 0.324 e. The first kappa shape index (κ1) is 17.9. The summed E-state index contributed by atoms with van der Waals surface area (Å²) in [7, 11) is 0. The fourth-order valence-corrected chi connectivity index (χ4v) is 4.18. The number of imidazole rings is 1. The van der Waals surface area contributed by atoms with Gasteiger partial charge in [0.25, 0.3) is 0 Å². The molecule has 0 saturated carbocycles. The van der Waals surface area contributed by atoms with Crippen molar-refractivity contribution < 1.29 is 0 Å². The van der Waals surface area contributed by atoms with Gasteiger partial charge >= 0.3 is 5.69 Å². The van der Waals surface area contributed by atoms with Gasteiger partial charge < -0.3 is 5.32 Å². The summed E-state index contributed by atoms with van der Waals surface area (Å²) >= 11 is 3.64. The zero-order valence-electron chi connectivity index (χ0n) is 15.9. The first-order valence-electron chi connectivity index (χ1n) is 9.40. The van der Waals surface area contributed by atoms with Crippen molar-refractivity contribution in [1.82, 2.24) is 28.7 Å². The molecule has 146 valence electrons. The molecule has 1 N–H and O–H groups in total. The van der Waals surface area contributed by atoms with Crippen LogP contribution in [0.5, 0.6) is 0 Å². The van der Waals surface area contributed by atoms with Crippen molar-refractivity contribution in [2.45, 2.75) is 26.9 Å². The molecule has 29 heavy (non-hydrogen) atoms. The maximum atomic E-state index is 12.7. The summed E-state index contributed by atoms with van der Waals surface area (Å²) < 4.78 is 6.22. The van der Waals surface area contributed by atoms with Crippen molar-refractivity contribution >= 4 is 55.1 Å². The van der Waals surface area contributed by atoms with Gasteiger partial charge in [-0.1, -0.05) is 12.1 Å². The average molecular weight is 452 g/mol. The molecular formula is C20H18BrN7O. The highest BCUT2D eigenvalue weighted by atomic mass is 79.9. The van der Waals surface area contributed by atoms with E-state index in [2.05, 4.69) is 31.4 Å². The standard InChI is InChI=1S/C20H18BrN7O/c1-3-26-16-9-13(21)15(10-17(16)27(4-2)20(26)29)24-19-23-14-8-6-5-7-12(14)18-25-22-11-28(18)19/h5-11H,3-4H2,1-2H3,(H,23,24). The predicted octanol–water partition coefficient (Wildman–Crippen LogP) is 3.94. The highest BCUT2D eigenvalue weighted by molar-refractivity contribution is 9.10. The molecule has 0 atom stereocenters. The molecule has 0 fully saturated rings. The van der Waals surface area contributed by atoms with Gasteiger partial charge in [0.05, 0.1) is 22.2 Å². The Hall–Kier alpha value is -3.20. The van der Waals surface area contributed by atoms with E-state index < -0.39 is 0 Å². The van der Waals surface area contributed by atoms with Gasteiger partial charge in [-0.15, -0.1) is 10.2 Å². The molecule has 2 aromatic carbocycles. The Labute approximate surface area is 173 Å². The molecule has 0 bridgehead atoms. The van der Waals surface area contributed by atoms with E-state index in [9.17, 15) is 4.79 Å². The third-order valence-electron chi connectivity index (χ3n) is 5.13. The maximum absolute atomic E-state index is 12.7. The Morgan fingerprint density at radius 1 is 1.07 bits per heavy atom. The number of anilines is 2. The van der Waals surface area contributed by atoms with Gasteiger partial charge in [0.15, 0.2) is 5.65 Å². The third kappa shape index (κ3) is 2.65. The second-order valence-electron chi connectivity index (χ2n) is 6.69. The fourth-order valence-electron chi connectivity index (χ4n) is 3.75. The van der Waals surface area contributed by atoms with Crippen LogP contribution in [0, 0.1) is 0 Å². The van der Waals surface area contributed by atoms with Crippen LogP contribution in [0.3, 0.4) is 0 Å². The zero-order valence-corrected chi connectivity index (χ0v) is 17.5. The molecule has 5 rings (SSSR count). The van der Waals surface area contributed by atoms with Crippen molar-refractivity contribution in [2.75, 3.05) is 5.32 Å². The van der Waals surface area contributed by atoms with E-state index in [0.717, 1.165) is 37.7 Å². The van der Waals surface area contributed by atoms with Gasteiger partial charge in [-0.3, -0.25) is 13.5 Å². The Morgan fingerprint density at radius 3 is 2.55 bits per heavy atom. The van der Waals surface area contributed by atoms with Crippen LogP contribution in [0.15, 0.2) is 52.0 Å². The Bertz CT molecular complexity index is 1450. The summed E-state index contributed by atoms with van der Waals surface area (Å²) in [5.41, 5.74) is 4.15. The van der Waals surface area contributed by atoms with Crippen LogP contribution < -0.4 is 11.0 Å². The normalized spacial score (nSPS) is 11.7. The summed E-state index contributed by atoms with van der Waals surface area (Å²) in [4.78, 5) is 17.4. The molecule has 0 radical (unpaired) electrons. The lowest BCUT2D eigenvalue weighted by atomic mass is 10.2. The lowest BCUT2D eigenvalue weighted by Crippen LogP contribution is -2.23. The third-order valence-corrected chi connectivity index (χ3v) is 5.79. The topological polar surface area (TPSA) is 82.0 Å². The molecule has 0 spiro atoms. The molecule has 9 heteroatoms. The number of aryl methyl sites for hydroxylation is 2. The molecule has 0 amide bonds. The Balaban J connectivity index is 1.72. The summed E-state index contributed by atoms with van der Waals surface area (Å²) in [6.07, 6.45) is 1.64. The van der Waals surface area contributed by atoms with Crippen molar-refractivity contribution in [3.8, 4) is 0 Å². The van der Waals surface area contributed by atoms with Crippen LogP contribution in [-0.2, 0) is 13.1 Å². The largest absolute Gasteiger partial charge is 0.329 e. The van der Waals surface area contributed by atoms with Crippen molar-refractivity contribution in [2.24, 2.45) is 0 Å². The highest BCUT2D eigenvalue weighted by Gasteiger charge is 2.16. The molecule has 3 heterocycles. The number of rotatable bonds is 4. The Morgan fingerprint density at radius 2 is 1.79 bits per heavy atom. The summed E-state index contributed by atoms with van der Waals surface area (Å²) in [6.45, 7) is 5.17. The van der Waals surface area contributed by atoms with E-state index in [-0.39, 0.29) is 5.69 Å². The van der Waals surface area contributed by atoms with Crippen LogP contribution in [0.25, 0.3) is 27.6 Å². The van der Waals surface area contributed by atoms with Crippen molar-refractivity contribution in [3.63, 3.8) is 0 Å². The molecule has 0 aliphatic carbocycles. The number of nitrogens with one attached hydrogen (secondary N) is 1. The number of benzene rings is 2. The molecule has 8 nitrogen and oxygen atoms in total. The molecule has 3 aromatic heterocycles. The van der Waals surface area contributed by atoms with E-state index in [1.54, 1.807) is 15.5 Å². The van der Waals surface area contributed by atoms with Gasteiger partial charge in [0.2, 0.25) is 5.95 Å². The zero-order chi connectivity index (χ0) is 20.1. The van der Waals surface area contributed by atoms with E-state index in [1.165, 1.54) is 0 Å². The van der Waals surface area contributed by atoms with Gasteiger partial charge in [0, 0.05) is 22.9 Å². The number of hydrogen-bond acceptors (Lipinski definition) is 5. The van der Waals surface area contributed by atoms with E-state index in [0.29, 0.717) is 19.0 Å². The van der Waals surface area contributed by atoms with Crippen LogP contribution in [0.4, 0.5) is 11.6 Å². The van der Waals surface area contributed by atoms with Crippen LogP contribution in [0.1, 0.15) is 13.8 Å². The number of fused-ring (bicyclic) bond motifs is 4. The lowest BCUT2D eigenvalue weighted by molar-refractivity contribution is 0.671. The summed E-state index contributed by atoms with van der Waals surface area (Å²) in [5.74, 6) is 0.601. The van der Waals surface area contributed by atoms with E-state index >= 15 is 0 Å². The van der Waals surface area contributed by atoms with Gasteiger partial charge in [-0.05, 0) is 54.0 Å². The number of para-hydroxylation sites is 1. The highest BCUT2D eigenvalue weighted by Crippen LogP contribution is 2.31. The van der Waals surface area contributed by atoms with E-state index in [4.69, 9.17) is 4.98 Å². The summed E-state index contributed by atoms with van der Waals surface area (Å²) in [6, 6.07) is 11.8. The Kier molecular flexibility index (Phi) is 4.13. The molecule has 0 aliphatic heterocycles. The first-order chi connectivity index (χ1) is 14.1. The second-order valence-corrected chi connectivity index (χ2v) is 7.55. The average Bonchev–Trinajstić information content (AvgIpc) is 3.31. The maximum Gasteiger partial charge on any atom is 0.329 e. The van der Waals surface area contributed by atoms with Crippen molar-refractivity contribution in [1.29, 1.82) is 0 Å². The molecule has 0 unspecified atom stereocenters. The first-order valence-corrected chi connectivity index (χ1v) is 10.2. The summed E-state index contributed by atoms with van der Waals surface area (Å²) in [5, 5.41) is 12.6. The number of hydrogen-bond donors (Lipinski definition) is 1. The van der Waals surface area contributed by atoms with Crippen LogP contribution in [-0.4, -0.2) is 28.7 Å². The van der Waals surface area contributed by atoms with Crippen molar-refractivity contribution in [3.05, 3.63) is 57.7 Å². The molecule has 0 aliphatic rings. The SMILES string of the molecule is CCn1c(=O)n(CC)c2cc(Nc3nc4ccccc4c4nncn34)c(Br)cc21. The quantitative estimate of drug-likeness (QED) is 0.447. The van der Waals surface area contributed by atoms with Crippen LogP contribution in [0.2, 0.25) is 0 Å². The molecular weight excluding hydrogens is 434 g/mol. The lowest BCUT2D eigenvalue weighted by Gasteiger charge is -2.12. The monoisotopic (exact) mass is 451 g/mol. The molecule has 5 aromatic rings. The van der Waals surface area contributed by atoms with Gasteiger partial charge in [-0.2, -0.15) is 0 Å². The number of halogens is 1. The van der Waals surface area contributed by atoms with Gasteiger partial charge in [-0.25, -0.2) is 9.78 Å².